The van der Waals surface area contributed by atoms with E-state index in [4.69, 9.17) is 23.2 Å². The molecule has 1 aromatic carbocycles. The Morgan fingerprint density at radius 2 is 2.00 bits per heavy atom. The summed E-state index contributed by atoms with van der Waals surface area (Å²) in [4.78, 5) is 0. The SMILES string of the molecule is CCNC(c1ccc(Cl)c(F)c1)c1c(Cl)cnn1C(C)C. The molecule has 0 radical (unpaired) electrons. The second-order valence-electron chi connectivity index (χ2n) is 5.08. The molecule has 0 aliphatic heterocycles. The first-order valence-corrected chi connectivity index (χ1v) is 7.62. The minimum atomic E-state index is -0.441. The van der Waals surface area contributed by atoms with Crippen LogP contribution in [0.4, 0.5) is 4.39 Å². The van der Waals surface area contributed by atoms with Crippen molar-refractivity contribution in [2.45, 2.75) is 32.9 Å². The Balaban J connectivity index is 2.53. The van der Waals surface area contributed by atoms with Crippen LogP contribution in [0.3, 0.4) is 0 Å². The second-order valence-corrected chi connectivity index (χ2v) is 5.89. The van der Waals surface area contributed by atoms with Crippen molar-refractivity contribution in [1.82, 2.24) is 15.1 Å². The Hall–Kier alpha value is -1.10. The van der Waals surface area contributed by atoms with Crippen molar-refractivity contribution in [3.63, 3.8) is 0 Å². The van der Waals surface area contributed by atoms with Gasteiger partial charge in [0.2, 0.25) is 0 Å². The van der Waals surface area contributed by atoms with Crippen molar-refractivity contribution in [2.75, 3.05) is 6.54 Å². The van der Waals surface area contributed by atoms with Crippen LogP contribution in [-0.4, -0.2) is 16.3 Å². The second kappa shape index (κ2) is 6.77. The first kappa shape index (κ1) is 16.3. The van der Waals surface area contributed by atoms with E-state index in [0.717, 1.165) is 11.3 Å². The molecule has 1 unspecified atom stereocenters. The highest BCUT2D eigenvalue weighted by Gasteiger charge is 2.23. The summed E-state index contributed by atoms with van der Waals surface area (Å²) in [6, 6.07) is 4.71. The van der Waals surface area contributed by atoms with Crippen LogP contribution in [0, 0.1) is 5.82 Å². The first-order chi connectivity index (χ1) is 9.95. The molecule has 6 heteroatoms. The average molecular weight is 330 g/mol. The van der Waals surface area contributed by atoms with Crippen LogP contribution in [0.15, 0.2) is 24.4 Å². The van der Waals surface area contributed by atoms with Gasteiger partial charge in [-0.25, -0.2) is 4.39 Å². The zero-order valence-electron chi connectivity index (χ0n) is 12.2. The Bertz CT molecular complexity index is 625. The number of benzene rings is 1. The summed E-state index contributed by atoms with van der Waals surface area (Å²) in [7, 11) is 0. The highest BCUT2D eigenvalue weighted by molar-refractivity contribution is 6.31. The Morgan fingerprint density at radius 1 is 1.29 bits per heavy atom. The number of nitrogens with one attached hydrogen (secondary N) is 1. The number of nitrogens with zero attached hydrogens (tertiary/aromatic N) is 2. The lowest BCUT2D eigenvalue weighted by atomic mass is 10.0. The number of aromatic nitrogens is 2. The van der Waals surface area contributed by atoms with Crippen LogP contribution in [0.1, 0.15) is 44.1 Å². The third-order valence-electron chi connectivity index (χ3n) is 3.23. The Kier molecular flexibility index (Phi) is 5.25. The largest absolute Gasteiger partial charge is 0.305 e. The maximum Gasteiger partial charge on any atom is 0.142 e. The van der Waals surface area contributed by atoms with Gasteiger partial charge < -0.3 is 5.32 Å². The van der Waals surface area contributed by atoms with Crippen molar-refractivity contribution in [1.29, 1.82) is 0 Å². The summed E-state index contributed by atoms with van der Waals surface area (Å²) < 4.78 is 15.6. The van der Waals surface area contributed by atoms with E-state index in [-0.39, 0.29) is 17.1 Å². The van der Waals surface area contributed by atoms with Gasteiger partial charge in [0, 0.05) is 6.04 Å². The maximum absolute atomic E-state index is 13.8. The zero-order valence-corrected chi connectivity index (χ0v) is 13.7. The average Bonchev–Trinajstić information content (AvgIpc) is 2.81. The first-order valence-electron chi connectivity index (χ1n) is 6.87. The van der Waals surface area contributed by atoms with Gasteiger partial charge in [0.05, 0.1) is 28.0 Å². The van der Waals surface area contributed by atoms with E-state index < -0.39 is 5.82 Å². The summed E-state index contributed by atoms with van der Waals surface area (Å²) in [5.74, 6) is -0.441. The van der Waals surface area contributed by atoms with Crippen molar-refractivity contribution >= 4 is 23.2 Å². The fourth-order valence-corrected chi connectivity index (χ4v) is 2.66. The van der Waals surface area contributed by atoms with Gasteiger partial charge in [-0.2, -0.15) is 5.10 Å². The van der Waals surface area contributed by atoms with Crippen LogP contribution >= 0.6 is 23.2 Å². The molecule has 2 rings (SSSR count). The standard InChI is InChI=1S/C15H18Cl2FN3/c1-4-19-14(10-5-6-11(16)13(18)7-10)15-12(17)8-20-21(15)9(2)3/h5-9,14,19H,4H2,1-3H3. The van der Waals surface area contributed by atoms with Gasteiger partial charge >= 0.3 is 0 Å². The van der Waals surface area contributed by atoms with Gasteiger partial charge in [0.25, 0.3) is 0 Å². The third-order valence-corrected chi connectivity index (χ3v) is 3.83. The summed E-state index contributed by atoms with van der Waals surface area (Å²) in [5, 5.41) is 8.31. The monoisotopic (exact) mass is 329 g/mol. The molecule has 114 valence electrons. The molecule has 21 heavy (non-hydrogen) atoms. The normalized spacial score (nSPS) is 12.9. The lowest BCUT2D eigenvalue weighted by Gasteiger charge is -2.22. The van der Waals surface area contributed by atoms with Gasteiger partial charge in [-0.05, 0) is 38.1 Å². The molecule has 2 aromatic rings. The predicted molar refractivity (Wildman–Crippen MR) is 84.6 cm³/mol. The van der Waals surface area contributed by atoms with Gasteiger partial charge in [-0.15, -0.1) is 0 Å². The molecular weight excluding hydrogens is 312 g/mol. The van der Waals surface area contributed by atoms with Crippen LogP contribution in [0.2, 0.25) is 10.0 Å². The molecule has 0 spiro atoms. The van der Waals surface area contributed by atoms with Crippen molar-refractivity contribution in [3.05, 3.63) is 51.5 Å². The maximum atomic E-state index is 13.8. The Morgan fingerprint density at radius 3 is 2.57 bits per heavy atom. The zero-order chi connectivity index (χ0) is 15.6. The summed E-state index contributed by atoms with van der Waals surface area (Å²) in [6.45, 7) is 6.76. The molecule has 1 aromatic heterocycles. The van der Waals surface area contributed by atoms with E-state index in [1.807, 2.05) is 25.5 Å². The lowest BCUT2D eigenvalue weighted by molar-refractivity contribution is 0.475. The molecule has 0 fully saturated rings. The van der Waals surface area contributed by atoms with E-state index in [9.17, 15) is 4.39 Å². The minimum absolute atomic E-state index is 0.109. The predicted octanol–water partition coefficient (Wildman–Crippen LogP) is 4.61. The van der Waals surface area contributed by atoms with Crippen LogP contribution < -0.4 is 5.32 Å². The molecule has 0 aliphatic carbocycles. The smallest absolute Gasteiger partial charge is 0.142 e. The fraction of sp³-hybridized carbons (Fsp3) is 0.400. The lowest BCUT2D eigenvalue weighted by Crippen LogP contribution is -2.26. The van der Waals surface area contributed by atoms with Crippen molar-refractivity contribution in [3.8, 4) is 0 Å². The highest BCUT2D eigenvalue weighted by atomic mass is 35.5. The van der Waals surface area contributed by atoms with Gasteiger partial charge in [-0.1, -0.05) is 36.2 Å². The topological polar surface area (TPSA) is 29.9 Å². The van der Waals surface area contributed by atoms with Crippen molar-refractivity contribution in [2.24, 2.45) is 0 Å². The fourth-order valence-electron chi connectivity index (χ4n) is 2.30. The molecule has 0 saturated carbocycles. The minimum Gasteiger partial charge on any atom is -0.305 e. The van der Waals surface area contributed by atoms with Gasteiger partial charge in [-0.3, -0.25) is 4.68 Å². The number of hydrogen-bond donors (Lipinski definition) is 1. The molecule has 0 saturated heterocycles. The summed E-state index contributed by atoms with van der Waals surface area (Å²) in [6.07, 6.45) is 1.62. The van der Waals surface area contributed by atoms with Crippen LogP contribution in [-0.2, 0) is 0 Å². The Labute approximate surface area is 134 Å². The molecule has 1 atom stereocenters. The molecule has 3 nitrogen and oxygen atoms in total. The molecular formula is C15H18Cl2FN3. The van der Waals surface area contributed by atoms with Gasteiger partial charge in [0.15, 0.2) is 0 Å². The van der Waals surface area contributed by atoms with E-state index in [2.05, 4.69) is 10.4 Å². The molecule has 0 aliphatic rings. The number of halogens is 3. The van der Waals surface area contributed by atoms with Crippen LogP contribution in [0.25, 0.3) is 0 Å². The van der Waals surface area contributed by atoms with E-state index in [1.165, 1.54) is 6.07 Å². The quantitative estimate of drug-likeness (QED) is 0.868. The summed E-state index contributed by atoms with van der Waals surface area (Å²) in [5.41, 5.74) is 1.60. The van der Waals surface area contributed by atoms with E-state index >= 15 is 0 Å². The highest BCUT2D eigenvalue weighted by Crippen LogP contribution is 2.31. The molecule has 0 amide bonds. The van der Waals surface area contributed by atoms with E-state index in [1.54, 1.807) is 18.3 Å². The molecule has 1 N–H and O–H groups in total. The van der Waals surface area contributed by atoms with Gasteiger partial charge in [0.1, 0.15) is 5.82 Å². The molecule has 1 heterocycles. The van der Waals surface area contributed by atoms with Crippen molar-refractivity contribution < 1.29 is 4.39 Å². The van der Waals surface area contributed by atoms with Crippen LogP contribution in [0.5, 0.6) is 0 Å². The molecule has 0 bridgehead atoms. The third kappa shape index (κ3) is 3.39. The van der Waals surface area contributed by atoms with E-state index in [0.29, 0.717) is 11.6 Å². The number of hydrogen-bond acceptors (Lipinski definition) is 2. The number of rotatable bonds is 5. The summed E-state index contributed by atoms with van der Waals surface area (Å²) >= 11 is 12.1.